The molecule has 0 unspecified atom stereocenters. The van der Waals surface area contributed by atoms with Gasteiger partial charge in [-0.1, -0.05) is 31.0 Å². The highest BCUT2D eigenvalue weighted by molar-refractivity contribution is 7.19. The minimum absolute atomic E-state index is 0.0322. The molecule has 0 N–H and O–H groups in total. The molecule has 0 spiro atoms. The molecule has 7 nitrogen and oxygen atoms in total. The number of ether oxygens (including phenoxy) is 2. The number of thiazole rings is 1. The van der Waals surface area contributed by atoms with Crippen LogP contribution in [0, 0.1) is 6.08 Å². The summed E-state index contributed by atoms with van der Waals surface area (Å²) in [5, 5.41) is 0.399. The fourth-order valence-corrected chi connectivity index (χ4v) is 3.64. The van der Waals surface area contributed by atoms with Gasteiger partial charge in [0, 0.05) is 27.1 Å². The molecule has 10 heteroatoms. The van der Waals surface area contributed by atoms with Crippen LogP contribution in [0.4, 0.5) is 14.3 Å². The number of halogens is 1. The van der Waals surface area contributed by atoms with E-state index in [2.05, 4.69) is 34.6 Å². The summed E-state index contributed by atoms with van der Waals surface area (Å²) in [6.07, 6.45) is 1.52. The number of carbonyl (C=O) groups excluding carboxylic acids is 1. The Morgan fingerprint density at radius 2 is 2.00 bits per heavy atom. The van der Waals surface area contributed by atoms with Gasteiger partial charge in [0.1, 0.15) is 12.3 Å². The summed E-state index contributed by atoms with van der Waals surface area (Å²) in [7, 11) is -1.24. The Hall–Kier alpha value is -1.91. The van der Waals surface area contributed by atoms with Crippen molar-refractivity contribution in [2.45, 2.75) is 52.1 Å². The maximum Gasteiger partial charge on any atom is 0.418 e. The van der Waals surface area contributed by atoms with Crippen molar-refractivity contribution in [3.8, 4) is 10.6 Å². The first-order valence-electron chi connectivity index (χ1n) is 8.98. The van der Waals surface area contributed by atoms with Gasteiger partial charge in [-0.25, -0.2) is 24.6 Å². The number of aromatic nitrogens is 3. The van der Waals surface area contributed by atoms with Gasteiger partial charge in [0.2, 0.25) is 0 Å². The Balaban J connectivity index is 2.17. The van der Waals surface area contributed by atoms with E-state index >= 15 is 0 Å². The Morgan fingerprint density at radius 1 is 1.29 bits per heavy atom. The highest BCUT2D eigenvalue weighted by Crippen LogP contribution is 2.30. The lowest BCUT2D eigenvalue weighted by Gasteiger charge is -2.26. The van der Waals surface area contributed by atoms with Gasteiger partial charge in [0.05, 0.1) is 10.6 Å². The van der Waals surface area contributed by atoms with Crippen LogP contribution in [0.1, 0.15) is 20.8 Å². The molecule has 1 amide bonds. The summed E-state index contributed by atoms with van der Waals surface area (Å²) in [4.78, 5) is 26.1. The number of amides is 1. The second kappa shape index (κ2) is 9.06. The van der Waals surface area contributed by atoms with Crippen LogP contribution in [-0.2, 0) is 9.47 Å². The summed E-state index contributed by atoms with van der Waals surface area (Å²) in [6, 6.07) is 2.57. The molecule has 2 aromatic rings. The minimum Gasteiger partial charge on any atom is -0.443 e. The minimum atomic E-state index is -1.24. The average Bonchev–Trinajstić information content (AvgIpc) is 3.01. The van der Waals surface area contributed by atoms with Crippen molar-refractivity contribution in [1.82, 2.24) is 15.0 Å². The molecule has 2 aromatic heterocycles. The molecule has 0 radical (unpaired) electrons. The van der Waals surface area contributed by atoms with E-state index in [-0.39, 0.29) is 6.73 Å². The van der Waals surface area contributed by atoms with E-state index in [0.29, 0.717) is 22.3 Å². The van der Waals surface area contributed by atoms with E-state index in [0.717, 1.165) is 6.04 Å². The Kier molecular flexibility index (Phi) is 7.24. The summed E-state index contributed by atoms with van der Waals surface area (Å²) in [6.45, 7) is 12.8. The third-order valence-electron chi connectivity index (χ3n) is 3.43. The molecule has 0 aliphatic rings. The van der Waals surface area contributed by atoms with Crippen LogP contribution in [0.5, 0.6) is 0 Å². The number of rotatable bonds is 7. The predicted molar refractivity (Wildman–Crippen MR) is 111 cm³/mol. The molecule has 0 aliphatic heterocycles. The SMILES string of the molecule is CC(C)(C)OC(=O)N(COCC[Si](C)(C)C)c1ncc(-c2ccnc(F)n2)s1. The van der Waals surface area contributed by atoms with Gasteiger partial charge < -0.3 is 9.47 Å². The van der Waals surface area contributed by atoms with Crippen molar-refractivity contribution in [3.05, 3.63) is 24.5 Å². The van der Waals surface area contributed by atoms with E-state index in [1.165, 1.54) is 22.4 Å². The van der Waals surface area contributed by atoms with E-state index in [4.69, 9.17) is 9.47 Å². The third-order valence-corrected chi connectivity index (χ3v) is 6.18. The highest BCUT2D eigenvalue weighted by Gasteiger charge is 2.26. The van der Waals surface area contributed by atoms with Crippen LogP contribution in [0.3, 0.4) is 0 Å². The van der Waals surface area contributed by atoms with Crippen LogP contribution in [0.2, 0.25) is 25.7 Å². The smallest absolute Gasteiger partial charge is 0.418 e. The van der Waals surface area contributed by atoms with Crippen LogP contribution >= 0.6 is 11.3 Å². The average molecular weight is 427 g/mol. The van der Waals surface area contributed by atoms with Crippen LogP contribution in [-0.4, -0.2) is 48.1 Å². The van der Waals surface area contributed by atoms with Gasteiger partial charge in [-0.05, 0) is 32.9 Å². The summed E-state index contributed by atoms with van der Waals surface area (Å²) in [5.74, 6) is 0. The lowest BCUT2D eigenvalue weighted by atomic mass is 10.2. The Labute approximate surface area is 169 Å². The third kappa shape index (κ3) is 7.25. The number of hydrogen-bond donors (Lipinski definition) is 0. The van der Waals surface area contributed by atoms with Gasteiger partial charge in [0.25, 0.3) is 0 Å². The lowest BCUT2D eigenvalue weighted by molar-refractivity contribution is 0.0500. The number of carbonyl (C=O) groups is 1. The molecule has 0 saturated heterocycles. The van der Waals surface area contributed by atoms with Gasteiger partial charge in [-0.2, -0.15) is 4.39 Å². The maximum atomic E-state index is 13.3. The van der Waals surface area contributed by atoms with Crippen molar-refractivity contribution in [1.29, 1.82) is 0 Å². The first kappa shape index (κ1) is 22.4. The fraction of sp³-hybridized carbons (Fsp3) is 0.556. The van der Waals surface area contributed by atoms with Crippen molar-refractivity contribution in [2.24, 2.45) is 0 Å². The maximum absolute atomic E-state index is 13.3. The van der Waals surface area contributed by atoms with Crippen molar-refractivity contribution >= 4 is 30.6 Å². The molecule has 0 saturated carbocycles. The van der Waals surface area contributed by atoms with Gasteiger partial charge in [0.15, 0.2) is 5.13 Å². The molecule has 0 bridgehead atoms. The topological polar surface area (TPSA) is 77.4 Å². The van der Waals surface area contributed by atoms with E-state index < -0.39 is 25.8 Å². The first-order chi connectivity index (χ1) is 12.9. The summed E-state index contributed by atoms with van der Waals surface area (Å²) in [5.41, 5.74) is -0.246. The van der Waals surface area contributed by atoms with Crippen molar-refractivity contribution in [2.75, 3.05) is 18.2 Å². The second-order valence-electron chi connectivity index (χ2n) is 8.47. The highest BCUT2D eigenvalue weighted by atomic mass is 32.1. The summed E-state index contributed by atoms with van der Waals surface area (Å²) >= 11 is 1.21. The molecule has 0 atom stereocenters. The van der Waals surface area contributed by atoms with Crippen LogP contribution in [0.15, 0.2) is 18.5 Å². The normalized spacial score (nSPS) is 12.1. The largest absolute Gasteiger partial charge is 0.443 e. The van der Waals surface area contributed by atoms with Gasteiger partial charge in [-0.3, -0.25) is 0 Å². The number of anilines is 1. The molecular formula is C18H27FN4O3SSi. The molecule has 2 rings (SSSR count). The van der Waals surface area contributed by atoms with Gasteiger partial charge in [-0.15, -0.1) is 0 Å². The molecule has 0 aliphatic carbocycles. The number of nitrogens with zero attached hydrogens (tertiary/aromatic N) is 4. The quantitative estimate of drug-likeness (QED) is 0.274. The first-order valence-corrected chi connectivity index (χ1v) is 13.5. The molecular weight excluding hydrogens is 399 g/mol. The fourth-order valence-electron chi connectivity index (χ4n) is 2.02. The van der Waals surface area contributed by atoms with Crippen LogP contribution in [0.25, 0.3) is 10.6 Å². The second-order valence-corrected chi connectivity index (χ2v) is 15.1. The number of hydrogen-bond acceptors (Lipinski definition) is 7. The summed E-state index contributed by atoms with van der Waals surface area (Å²) < 4.78 is 24.5. The molecule has 0 fully saturated rings. The standard InChI is InChI=1S/C18H27FN4O3SSi/c1-18(2,3)26-17(24)23(12-25-9-10-28(4,5)6)16-21-11-14(27-16)13-7-8-20-15(19)22-13/h7-8,11H,9-10,12H2,1-6H3. The van der Waals surface area contributed by atoms with Crippen molar-refractivity contribution in [3.63, 3.8) is 0 Å². The molecule has 2 heterocycles. The lowest BCUT2D eigenvalue weighted by Crippen LogP contribution is -2.38. The Bertz CT molecular complexity index is 805. The molecule has 0 aromatic carbocycles. The monoisotopic (exact) mass is 426 g/mol. The van der Waals surface area contributed by atoms with E-state index in [1.807, 2.05) is 0 Å². The van der Waals surface area contributed by atoms with E-state index in [9.17, 15) is 9.18 Å². The zero-order chi connectivity index (χ0) is 20.9. The zero-order valence-electron chi connectivity index (χ0n) is 17.2. The van der Waals surface area contributed by atoms with Gasteiger partial charge >= 0.3 is 12.2 Å². The van der Waals surface area contributed by atoms with Crippen LogP contribution < -0.4 is 4.90 Å². The molecule has 154 valence electrons. The zero-order valence-corrected chi connectivity index (χ0v) is 19.0. The van der Waals surface area contributed by atoms with Crippen molar-refractivity contribution < 1.29 is 18.7 Å². The molecule has 28 heavy (non-hydrogen) atoms. The Morgan fingerprint density at radius 3 is 2.61 bits per heavy atom. The predicted octanol–water partition coefficient (Wildman–Crippen LogP) is 4.79. The van der Waals surface area contributed by atoms with E-state index in [1.54, 1.807) is 33.0 Å².